The summed E-state index contributed by atoms with van der Waals surface area (Å²) in [5.41, 5.74) is 9.12. The third-order valence-corrected chi connectivity index (χ3v) is 11.0. The van der Waals surface area contributed by atoms with E-state index in [0.717, 1.165) is 87.8 Å². The fraction of sp³-hybridized carbons (Fsp3) is 0. The molecule has 2 N–H and O–H groups in total. The van der Waals surface area contributed by atoms with E-state index in [2.05, 4.69) is 97.1 Å². The Balaban J connectivity index is 1.13. The van der Waals surface area contributed by atoms with Crippen LogP contribution in [0.25, 0.3) is 76.5 Å². The molecule has 0 atom stereocenters. The van der Waals surface area contributed by atoms with Crippen LogP contribution in [0.5, 0.6) is 11.5 Å². The van der Waals surface area contributed by atoms with E-state index in [1.54, 1.807) is 24.6 Å². The van der Waals surface area contributed by atoms with Gasteiger partial charge in [-0.15, -0.1) is 0 Å². The van der Waals surface area contributed by atoms with E-state index >= 15 is 0 Å². The molecule has 10 aromatic rings. The smallest absolute Gasteiger partial charge is 0.124 e. The van der Waals surface area contributed by atoms with Crippen LogP contribution in [0.2, 0.25) is 0 Å². The molecule has 4 nitrogen and oxygen atoms in total. The Labute approximate surface area is 336 Å². The number of aromatic hydroxyl groups is 2. The Morgan fingerprint density at radius 1 is 0.310 bits per heavy atom. The maximum atomic E-state index is 11.2. The topological polar surface area (TPSA) is 65.2 Å². The molecule has 0 aromatic heterocycles. The molecule has 0 saturated heterocycles. The summed E-state index contributed by atoms with van der Waals surface area (Å²) < 4.78 is 0. The van der Waals surface area contributed by atoms with Crippen molar-refractivity contribution in [3.05, 3.63) is 205 Å². The minimum atomic E-state index is 0.160. The molecule has 58 heavy (non-hydrogen) atoms. The maximum absolute atomic E-state index is 11.2. The van der Waals surface area contributed by atoms with Crippen LogP contribution >= 0.6 is 0 Å². The van der Waals surface area contributed by atoms with Crippen molar-refractivity contribution in [1.29, 1.82) is 0 Å². The lowest BCUT2D eigenvalue weighted by Gasteiger charge is -2.16. The zero-order valence-corrected chi connectivity index (χ0v) is 31.4. The number of fused-ring (bicyclic) bond motifs is 4. The summed E-state index contributed by atoms with van der Waals surface area (Å²) in [5, 5.41) is 30.5. The van der Waals surface area contributed by atoms with Crippen LogP contribution in [0.4, 0.5) is 11.4 Å². The molecule has 0 radical (unpaired) electrons. The van der Waals surface area contributed by atoms with Crippen molar-refractivity contribution in [2.24, 2.45) is 9.98 Å². The van der Waals surface area contributed by atoms with Gasteiger partial charge in [0, 0.05) is 34.7 Å². The van der Waals surface area contributed by atoms with Gasteiger partial charge in [0.1, 0.15) is 11.5 Å². The standard InChI is InChI=1S/C54H36N2O2/c57-51-29-23-41-31-39(35-11-3-1-4-12-35)19-25-43(41)47(51)33-55-49-27-21-37-15-7-9-17-45(37)53(49)54-46-18-10-8-16-38(46)22-28-50(54)56-34-48-44-26-20-40(36-13-5-2-6-14-36)32-42(44)24-30-52(48)58/h1-34,57-58H. The first kappa shape index (κ1) is 34.7. The molecule has 10 aromatic carbocycles. The summed E-state index contributed by atoms with van der Waals surface area (Å²) in [7, 11) is 0. The summed E-state index contributed by atoms with van der Waals surface area (Å²) in [6.45, 7) is 0. The lowest BCUT2D eigenvalue weighted by atomic mass is 9.91. The number of phenols is 2. The van der Waals surface area contributed by atoms with Gasteiger partial charge in [-0.2, -0.15) is 0 Å². The van der Waals surface area contributed by atoms with Gasteiger partial charge in [0.2, 0.25) is 0 Å². The molecule has 0 amide bonds. The predicted molar refractivity (Wildman–Crippen MR) is 243 cm³/mol. The number of rotatable bonds is 7. The van der Waals surface area contributed by atoms with Gasteiger partial charge in [-0.1, -0.05) is 158 Å². The van der Waals surface area contributed by atoms with Crippen molar-refractivity contribution in [1.82, 2.24) is 0 Å². The van der Waals surface area contributed by atoms with Gasteiger partial charge in [-0.25, -0.2) is 0 Å². The third-order valence-electron chi connectivity index (χ3n) is 11.0. The molecule has 0 aliphatic heterocycles. The lowest BCUT2D eigenvalue weighted by Crippen LogP contribution is -1.91. The first-order valence-electron chi connectivity index (χ1n) is 19.3. The first-order valence-corrected chi connectivity index (χ1v) is 19.3. The monoisotopic (exact) mass is 744 g/mol. The van der Waals surface area contributed by atoms with E-state index < -0.39 is 0 Å². The Bertz CT molecular complexity index is 3020. The van der Waals surface area contributed by atoms with Crippen LogP contribution in [-0.4, -0.2) is 22.6 Å². The van der Waals surface area contributed by atoms with Crippen LogP contribution in [-0.2, 0) is 0 Å². The Morgan fingerprint density at radius 2 is 0.707 bits per heavy atom. The van der Waals surface area contributed by atoms with Crippen LogP contribution in [0.3, 0.4) is 0 Å². The second kappa shape index (κ2) is 14.7. The van der Waals surface area contributed by atoms with Gasteiger partial charge in [-0.3, -0.25) is 9.98 Å². The summed E-state index contributed by atoms with van der Waals surface area (Å²) in [6.07, 6.45) is 3.55. The highest BCUT2D eigenvalue weighted by Gasteiger charge is 2.18. The van der Waals surface area contributed by atoms with Crippen molar-refractivity contribution in [3.63, 3.8) is 0 Å². The number of hydrogen-bond acceptors (Lipinski definition) is 4. The van der Waals surface area contributed by atoms with Gasteiger partial charge in [0.15, 0.2) is 0 Å². The molecule has 0 aliphatic carbocycles. The van der Waals surface area contributed by atoms with E-state index in [1.807, 2.05) is 84.9 Å². The molecule has 4 heteroatoms. The summed E-state index contributed by atoms with van der Waals surface area (Å²) >= 11 is 0. The zero-order chi connectivity index (χ0) is 39.0. The van der Waals surface area contributed by atoms with E-state index in [1.165, 1.54) is 0 Å². The average molecular weight is 745 g/mol. The maximum Gasteiger partial charge on any atom is 0.124 e. The highest BCUT2D eigenvalue weighted by Crippen LogP contribution is 2.46. The zero-order valence-electron chi connectivity index (χ0n) is 31.4. The van der Waals surface area contributed by atoms with Crippen LogP contribution in [0.1, 0.15) is 11.1 Å². The SMILES string of the molecule is Oc1ccc2cc(-c3ccccc3)ccc2c1C=Nc1ccc2ccccc2c1-c1c(N=Cc2c(O)ccc3cc(-c4ccccc4)ccc23)ccc2ccccc12. The molecule has 0 fully saturated rings. The summed E-state index contributed by atoms with van der Waals surface area (Å²) in [5.74, 6) is 0.319. The second-order valence-electron chi connectivity index (χ2n) is 14.5. The van der Waals surface area contributed by atoms with E-state index in [4.69, 9.17) is 9.98 Å². The molecule has 0 aliphatic rings. The fourth-order valence-electron chi connectivity index (χ4n) is 8.11. The normalized spacial score (nSPS) is 11.8. The van der Waals surface area contributed by atoms with Crippen molar-refractivity contribution < 1.29 is 10.2 Å². The van der Waals surface area contributed by atoms with Gasteiger partial charge < -0.3 is 10.2 Å². The van der Waals surface area contributed by atoms with Crippen LogP contribution < -0.4 is 0 Å². The summed E-state index contributed by atoms with van der Waals surface area (Å²) in [6, 6.07) is 65.5. The van der Waals surface area contributed by atoms with Gasteiger partial charge in [0.05, 0.1) is 11.4 Å². The quantitative estimate of drug-likeness (QED) is 0.160. The van der Waals surface area contributed by atoms with E-state index in [0.29, 0.717) is 11.1 Å². The largest absolute Gasteiger partial charge is 0.507 e. The molecular weight excluding hydrogens is 709 g/mol. The molecule has 0 unspecified atom stereocenters. The van der Waals surface area contributed by atoms with Crippen molar-refractivity contribution in [2.75, 3.05) is 0 Å². The van der Waals surface area contributed by atoms with Gasteiger partial charge in [0.25, 0.3) is 0 Å². The predicted octanol–water partition coefficient (Wildman–Crippen LogP) is 14.2. The van der Waals surface area contributed by atoms with Gasteiger partial charge in [-0.05, 0) is 102 Å². The molecule has 0 bridgehead atoms. The molecule has 274 valence electrons. The van der Waals surface area contributed by atoms with E-state index in [-0.39, 0.29) is 11.5 Å². The third kappa shape index (κ3) is 6.33. The molecular formula is C54H36N2O2. The van der Waals surface area contributed by atoms with Crippen molar-refractivity contribution in [2.45, 2.75) is 0 Å². The number of hydrogen-bond donors (Lipinski definition) is 2. The minimum Gasteiger partial charge on any atom is -0.507 e. The Morgan fingerprint density at radius 3 is 1.16 bits per heavy atom. The van der Waals surface area contributed by atoms with Gasteiger partial charge >= 0.3 is 0 Å². The highest BCUT2D eigenvalue weighted by atomic mass is 16.3. The number of phenolic OH excluding ortho intramolecular Hbond substituents is 2. The van der Waals surface area contributed by atoms with E-state index in [9.17, 15) is 10.2 Å². The second-order valence-corrected chi connectivity index (χ2v) is 14.5. The number of benzene rings is 10. The fourth-order valence-corrected chi connectivity index (χ4v) is 8.11. The molecule has 0 spiro atoms. The Hall–Kier alpha value is -7.82. The van der Waals surface area contributed by atoms with Crippen LogP contribution in [0.15, 0.2) is 204 Å². The molecule has 10 rings (SSSR count). The number of nitrogens with zero attached hydrogens (tertiary/aromatic N) is 2. The first-order chi connectivity index (χ1) is 28.6. The van der Waals surface area contributed by atoms with Crippen molar-refractivity contribution >= 4 is 66.9 Å². The lowest BCUT2D eigenvalue weighted by molar-refractivity contribution is 0.475. The molecule has 0 heterocycles. The summed E-state index contributed by atoms with van der Waals surface area (Å²) in [4.78, 5) is 10.3. The highest BCUT2D eigenvalue weighted by molar-refractivity contribution is 6.15. The molecule has 0 saturated carbocycles. The minimum absolute atomic E-state index is 0.160. The Kier molecular flexibility index (Phi) is 8.77. The van der Waals surface area contributed by atoms with Crippen LogP contribution in [0, 0.1) is 0 Å². The number of aliphatic imine (C=N–C) groups is 2. The van der Waals surface area contributed by atoms with Crippen molar-refractivity contribution in [3.8, 4) is 44.9 Å². The average Bonchev–Trinajstić information content (AvgIpc) is 3.28.